The van der Waals surface area contributed by atoms with Crippen molar-refractivity contribution in [3.8, 4) is 0 Å². The molecule has 0 unspecified atom stereocenters. The molecule has 0 aromatic heterocycles. The maximum atomic E-state index is 11.6. The summed E-state index contributed by atoms with van der Waals surface area (Å²) in [5.74, 6) is -3.91. The van der Waals surface area contributed by atoms with Crippen LogP contribution in [0.15, 0.2) is 0 Å². The molecular formula is C12H22O4. The highest BCUT2D eigenvalue weighted by Crippen LogP contribution is 2.18. The van der Waals surface area contributed by atoms with Crippen molar-refractivity contribution in [2.75, 3.05) is 0 Å². The molecule has 0 aliphatic heterocycles. The minimum Gasteiger partial charge on any atom is -0.481 e. The smallest absolute Gasteiger partial charge is 0.307 e. The minimum atomic E-state index is -1.96. The molecule has 1 N–H and O–H groups in total. The molecule has 0 fully saturated rings. The number of rotatable bonds is 5. The lowest BCUT2D eigenvalue weighted by Crippen LogP contribution is -2.27. The third-order valence-corrected chi connectivity index (χ3v) is 1.62. The van der Waals surface area contributed by atoms with Crippen LogP contribution in [0, 0.1) is 11.8 Å². The third-order valence-electron chi connectivity index (χ3n) is 1.62. The van der Waals surface area contributed by atoms with Gasteiger partial charge < -0.3 is 9.84 Å². The van der Waals surface area contributed by atoms with Crippen LogP contribution >= 0.6 is 0 Å². The Hall–Kier alpha value is -1.06. The standard InChI is InChI=1S/C12H22O4/c1-8(2)6-9(11(14)15)7-10(13)16-12(3,4)5/h8-9H,6-7H2,1-5H3,(H,14,15)/t9-/m1/s1/i6D2. The van der Waals surface area contributed by atoms with Crippen molar-refractivity contribution in [3.05, 3.63) is 0 Å². The normalized spacial score (nSPS) is 16.4. The SMILES string of the molecule is [2H]C([2H])(C(C)C)[C@H](CC(=O)OC(C)(C)C)C(=O)O. The summed E-state index contributed by atoms with van der Waals surface area (Å²) < 4.78 is 20.6. The molecule has 0 aliphatic carbocycles. The van der Waals surface area contributed by atoms with E-state index in [9.17, 15) is 9.59 Å². The Morgan fingerprint density at radius 1 is 1.38 bits per heavy atom. The second-order valence-corrected chi connectivity index (χ2v) is 5.00. The van der Waals surface area contributed by atoms with Crippen molar-refractivity contribution < 1.29 is 22.2 Å². The number of carbonyl (C=O) groups is 2. The Bertz CT molecular complexity index is 319. The summed E-state index contributed by atoms with van der Waals surface area (Å²) in [4.78, 5) is 22.7. The van der Waals surface area contributed by atoms with Crippen LogP contribution in [0.1, 0.15) is 50.2 Å². The first-order valence-corrected chi connectivity index (χ1v) is 5.32. The van der Waals surface area contributed by atoms with E-state index in [1.165, 1.54) is 0 Å². The monoisotopic (exact) mass is 232 g/mol. The molecule has 4 nitrogen and oxygen atoms in total. The van der Waals surface area contributed by atoms with Gasteiger partial charge in [0.25, 0.3) is 0 Å². The average molecular weight is 232 g/mol. The maximum absolute atomic E-state index is 11.6. The highest BCUT2D eigenvalue weighted by molar-refractivity contribution is 5.78. The Balaban J connectivity index is 4.87. The van der Waals surface area contributed by atoms with Crippen LogP contribution in [-0.2, 0) is 14.3 Å². The third kappa shape index (κ3) is 7.26. The van der Waals surface area contributed by atoms with Gasteiger partial charge in [-0.15, -0.1) is 0 Å². The molecule has 0 spiro atoms. The van der Waals surface area contributed by atoms with Gasteiger partial charge in [-0.3, -0.25) is 9.59 Å². The maximum Gasteiger partial charge on any atom is 0.307 e. The molecule has 0 saturated heterocycles. The summed E-state index contributed by atoms with van der Waals surface area (Å²) in [5, 5.41) is 9.06. The van der Waals surface area contributed by atoms with E-state index in [4.69, 9.17) is 12.6 Å². The molecule has 16 heavy (non-hydrogen) atoms. The van der Waals surface area contributed by atoms with Gasteiger partial charge in [0.05, 0.1) is 12.3 Å². The van der Waals surface area contributed by atoms with Crippen molar-refractivity contribution in [3.63, 3.8) is 0 Å². The van der Waals surface area contributed by atoms with Gasteiger partial charge in [-0.25, -0.2) is 0 Å². The highest BCUT2D eigenvalue weighted by atomic mass is 16.6. The van der Waals surface area contributed by atoms with Crippen molar-refractivity contribution in [1.82, 2.24) is 0 Å². The molecule has 94 valence electrons. The highest BCUT2D eigenvalue weighted by Gasteiger charge is 2.25. The van der Waals surface area contributed by atoms with Crippen LogP contribution in [0.3, 0.4) is 0 Å². The van der Waals surface area contributed by atoms with Gasteiger partial charge >= 0.3 is 11.9 Å². The van der Waals surface area contributed by atoms with Gasteiger partial charge in [0, 0.05) is 2.74 Å². The van der Waals surface area contributed by atoms with E-state index in [0.717, 1.165) is 0 Å². The van der Waals surface area contributed by atoms with E-state index in [2.05, 4.69) is 0 Å². The quantitative estimate of drug-likeness (QED) is 0.739. The van der Waals surface area contributed by atoms with Gasteiger partial charge in [0.2, 0.25) is 0 Å². The van der Waals surface area contributed by atoms with E-state index in [0.29, 0.717) is 0 Å². The van der Waals surface area contributed by atoms with E-state index in [-0.39, 0.29) is 0 Å². The van der Waals surface area contributed by atoms with Crippen LogP contribution < -0.4 is 0 Å². The summed E-state index contributed by atoms with van der Waals surface area (Å²) >= 11 is 0. The molecule has 0 aromatic rings. The second kappa shape index (κ2) is 5.87. The van der Waals surface area contributed by atoms with Gasteiger partial charge in [-0.2, -0.15) is 0 Å². The molecule has 0 bridgehead atoms. The van der Waals surface area contributed by atoms with Crippen LogP contribution in [-0.4, -0.2) is 22.6 Å². The Labute approximate surface area is 99.8 Å². The van der Waals surface area contributed by atoms with Crippen molar-refractivity contribution in [2.24, 2.45) is 11.8 Å². The predicted molar refractivity (Wildman–Crippen MR) is 61.0 cm³/mol. The van der Waals surface area contributed by atoms with Crippen molar-refractivity contribution in [2.45, 2.75) is 53.0 Å². The lowest BCUT2D eigenvalue weighted by molar-refractivity contribution is -0.160. The molecular weight excluding hydrogens is 208 g/mol. The summed E-state index contributed by atoms with van der Waals surface area (Å²) in [5.41, 5.74) is -0.704. The largest absolute Gasteiger partial charge is 0.481 e. The lowest BCUT2D eigenvalue weighted by Gasteiger charge is -2.21. The summed E-state index contributed by atoms with van der Waals surface area (Å²) in [6, 6.07) is 0. The van der Waals surface area contributed by atoms with E-state index in [1.54, 1.807) is 34.6 Å². The number of esters is 1. The van der Waals surface area contributed by atoms with E-state index >= 15 is 0 Å². The topological polar surface area (TPSA) is 63.6 Å². The number of carbonyl (C=O) groups excluding carboxylic acids is 1. The molecule has 4 heteroatoms. The Kier molecular flexibility index (Phi) is 4.19. The lowest BCUT2D eigenvalue weighted by atomic mass is 9.94. The summed E-state index contributed by atoms with van der Waals surface area (Å²) in [6.45, 7) is 8.21. The fourth-order valence-corrected chi connectivity index (χ4v) is 1.17. The molecule has 1 atom stereocenters. The number of ether oxygens (including phenoxy) is 1. The van der Waals surface area contributed by atoms with Gasteiger partial charge in [-0.05, 0) is 33.1 Å². The zero-order valence-electron chi connectivity index (χ0n) is 12.5. The van der Waals surface area contributed by atoms with E-state index < -0.39 is 42.2 Å². The molecule has 0 rings (SSSR count). The Morgan fingerprint density at radius 2 is 1.88 bits per heavy atom. The molecule has 0 aromatic carbocycles. The van der Waals surface area contributed by atoms with Crippen molar-refractivity contribution >= 4 is 11.9 Å². The minimum absolute atomic E-state index is 0.461. The number of hydrogen-bond donors (Lipinski definition) is 1. The van der Waals surface area contributed by atoms with E-state index in [1.807, 2.05) is 0 Å². The number of carboxylic acid groups (broad SMARTS) is 1. The first-order valence-electron chi connectivity index (χ1n) is 6.32. The van der Waals surface area contributed by atoms with Crippen LogP contribution in [0.5, 0.6) is 0 Å². The molecule has 0 amide bonds. The zero-order valence-corrected chi connectivity index (χ0v) is 10.5. The summed E-state index contributed by atoms with van der Waals surface area (Å²) in [7, 11) is 0. The van der Waals surface area contributed by atoms with Crippen molar-refractivity contribution in [1.29, 1.82) is 0 Å². The van der Waals surface area contributed by atoms with Gasteiger partial charge in [0.15, 0.2) is 0 Å². The molecule has 0 saturated carbocycles. The number of aliphatic carboxylic acids is 1. The summed E-state index contributed by atoms with van der Waals surface area (Å²) in [6.07, 6.45) is -2.42. The molecule has 0 radical (unpaired) electrons. The van der Waals surface area contributed by atoms with Crippen LogP contribution in [0.25, 0.3) is 0 Å². The van der Waals surface area contributed by atoms with Gasteiger partial charge in [-0.1, -0.05) is 13.8 Å². The number of hydrogen-bond acceptors (Lipinski definition) is 3. The molecule has 0 aliphatic rings. The second-order valence-electron chi connectivity index (χ2n) is 5.00. The first kappa shape index (κ1) is 11.4. The fraction of sp³-hybridized carbons (Fsp3) is 0.833. The molecule has 0 heterocycles. The first-order chi connectivity index (χ1) is 7.88. The average Bonchev–Trinajstić information content (AvgIpc) is 2.10. The number of carboxylic acids is 1. The fourth-order valence-electron chi connectivity index (χ4n) is 1.17. The zero-order chi connectivity index (χ0) is 14.7. The van der Waals surface area contributed by atoms with Gasteiger partial charge in [0.1, 0.15) is 5.60 Å². The Morgan fingerprint density at radius 3 is 2.19 bits per heavy atom. The van der Waals surface area contributed by atoms with Crippen LogP contribution in [0.2, 0.25) is 0 Å². The predicted octanol–water partition coefficient (Wildman–Crippen LogP) is 2.47. The van der Waals surface area contributed by atoms with Crippen LogP contribution in [0.4, 0.5) is 0 Å².